The number of rotatable bonds is 19. The molecule has 0 saturated heterocycles. The molecule has 5 fully saturated rings. The second-order valence-electron chi connectivity index (χ2n) is 31.0. The summed E-state index contributed by atoms with van der Waals surface area (Å²) in [7, 11) is 4.46. The summed E-state index contributed by atoms with van der Waals surface area (Å²) in [5, 5.41) is 24.8. The number of halogens is 12. The molecule has 680 valence electrons. The van der Waals surface area contributed by atoms with Gasteiger partial charge >= 0.3 is 34.8 Å². The fraction of sp³-hybridized carbons (Fsp3) is 0.489. The van der Waals surface area contributed by atoms with Crippen LogP contribution in [0.15, 0.2) is 113 Å². The normalized spacial score (nSPS) is 20.2. The van der Waals surface area contributed by atoms with Crippen LogP contribution in [0.1, 0.15) is 260 Å². The Balaban J connectivity index is 0.000000205. The number of carbonyl (C=O) groups excluding carboxylic acids is 6. The number of anilines is 2. The van der Waals surface area contributed by atoms with Crippen molar-refractivity contribution in [3.8, 4) is 0 Å². The zero-order chi connectivity index (χ0) is 92.4. The average molecular weight is 2400 g/mol. The smallest absolute Gasteiger partial charge is 0.450 e. The van der Waals surface area contributed by atoms with Gasteiger partial charge in [-0.2, -0.15) is 34.4 Å². The fourth-order valence-corrected chi connectivity index (χ4v) is 24.2. The molecule has 0 radical (unpaired) electrons. The predicted molar refractivity (Wildman–Crippen MR) is 541 cm³/mol. The van der Waals surface area contributed by atoms with E-state index in [-0.39, 0.29) is 40.5 Å². The number of carbonyl (C=O) groups is 7. The highest BCUT2D eigenvalue weighted by molar-refractivity contribution is 14.1. The van der Waals surface area contributed by atoms with Crippen LogP contribution in [0.5, 0.6) is 0 Å². The first kappa shape index (κ1) is 107. The Bertz CT molecular complexity index is 4940. The highest BCUT2D eigenvalue weighted by atomic mass is 127. The van der Waals surface area contributed by atoms with Gasteiger partial charge < -0.3 is 44.9 Å². The van der Waals surface area contributed by atoms with Crippen LogP contribution in [0.4, 0.5) is 15.8 Å². The molecule has 0 unspecified atom stereocenters. The molecule has 6 aromatic carbocycles. The van der Waals surface area contributed by atoms with Gasteiger partial charge in [0.05, 0.1) is 123 Å². The van der Waals surface area contributed by atoms with Crippen LogP contribution in [-0.4, -0.2) is 120 Å². The van der Waals surface area contributed by atoms with Crippen molar-refractivity contribution in [3.63, 3.8) is 0 Å². The SMILES string of the molecule is CCC1CCC(C(=O)Nc2cc(C(=O)OC)c(Br)cc2I)CC1.CCC1CCC(c2nc3cc(C(=O)O)c(Br)cc3s2)CC1.CCC1CCC(c2nc3cc(C(=O)OC)c(Br)cc3s2)CC1.COC(=O)c1cc(N)c(I)cc1Br.COC(=O)c1cc2nc(C3CCC(CO)CC3)sc2cc1Br.ClB(Cl)Cl.O=C(Cl)C1CCC(COCc2ccccc2)CC1.[2H]CF. The number of ether oxygens (including phenoxy) is 5. The standard InChI is InChI=1S/C17H21BrINO3.C17H20BrNO2S.C16H18BrNO3S.C16H18BrNO2S.C15H19ClO2.C8H7BrINO2.CH3F.BCl3/c1-3-10-4-6-11(7-5-10)16(21)20-15-8-12(17(22)23-2)13(18)9-14(15)19;1-3-10-4-6-11(7-5-10)16-19-14-8-12(17(20)21-2)13(18)9-15(14)22-16;1-21-16(20)11-6-13-14(7-12(11)17)22-15(18-13)10-4-2-9(8-19)3-5-10;1-2-9-3-5-10(6-4-9)15-18-13-7-11(16(19)20)12(17)8-14(13)21-15;16-15(17)14-8-6-13(7-9-14)11-18-10-12-4-2-1-3-5-12;1-13-8(12)4-2-7(11)6(10)3-5(4)9;1-2;2-1(3)4/h8-11H,3-7H2,1-2H3,(H,20,21);8-11H,3-7H2,1-2H3;6-7,9-10,19H,2-5,8H2,1H3;7-10H,2-6H2,1H3,(H,19,20);1-5,13-14H,6-11H2;2-3H,11H2,1H3;1H3;/i;;;;;;1D;. The first-order valence-electron chi connectivity index (χ1n) is 42.1. The van der Waals surface area contributed by atoms with Gasteiger partial charge in [0.15, 0.2) is 0 Å². The minimum atomic E-state index is -1.00. The Labute approximate surface area is 834 Å². The second-order valence-corrected chi connectivity index (χ2v) is 43.2. The number of fused-ring (bicyclic) bond motifs is 3. The van der Waals surface area contributed by atoms with Crippen molar-refractivity contribution < 1.29 is 73.2 Å². The molecule has 1 amide bonds. The lowest BCUT2D eigenvalue weighted by molar-refractivity contribution is -0.121. The van der Waals surface area contributed by atoms with Crippen LogP contribution in [-0.2, 0) is 39.9 Å². The van der Waals surface area contributed by atoms with Crippen molar-refractivity contribution >= 4 is 293 Å². The number of hydrogen-bond acceptors (Lipinski definition) is 20. The summed E-state index contributed by atoms with van der Waals surface area (Å²) >= 11 is 46.2. The predicted octanol–water partition coefficient (Wildman–Crippen LogP) is 28.5. The summed E-state index contributed by atoms with van der Waals surface area (Å²) in [4.78, 5) is 94.7. The molecular formula is C90H106BBr5Cl4FI2N5O14S3. The maximum absolute atomic E-state index is 12.5. The number of aliphatic hydroxyl groups excluding tert-OH is 1. The Morgan fingerprint density at radius 2 is 0.832 bits per heavy atom. The first-order valence-corrected chi connectivity index (χ1v) is 51.6. The van der Waals surface area contributed by atoms with Crippen molar-refractivity contribution in [3.05, 3.63) is 169 Å². The number of aromatic carboxylic acids is 1. The Morgan fingerprint density at radius 1 is 0.504 bits per heavy atom. The Kier molecular flexibility index (Phi) is 47.4. The number of nitrogen functional groups attached to an aromatic ring is 1. The number of aromatic nitrogens is 3. The topological polar surface area (TPSA) is 283 Å². The Morgan fingerprint density at radius 3 is 1.20 bits per heavy atom. The quantitative estimate of drug-likeness (QED) is 0.0146. The molecule has 125 heavy (non-hydrogen) atoms. The number of nitrogens with one attached hydrogen (secondary N) is 1. The minimum absolute atomic E-state index is 0.0515. The van der Waals surface area contributed by atoms with E-state index in [4.69, 9.17) is 87.0 Å². The van der Waals surface area contributed by atoms with Crippen LogP contribution in [0.3, 0.4) is 0 Å². The van der Waals surface area contributed by atoms with Crippen molar-refractivity contribution in [2.45, 2.75) is 193 Å². The largest absolute Gasteiger partial charge is 0.478 e. The molecule has 3 heterocycles. The first-order chi connectivity index (χ1) is 60.2. The maximum atomic E-state index is 12.5. The summed E-state index contributed by atoms with van der Waals surface area (Å²) in [6, 6.07) is 28.2. The van der Waals surface area contributed by atoms with Gasteiger partial charge in [-0.05, 0) is 361 Å². The van der Waals surface area contributed by atoms with Gasteiger partial charge in [0.25, 0.3) is 0 Å². The van der Waals surface area contributed by atoms with Crippen LogP contribution >= 0.6 is 205 Å². The van der Waals surface area contributed by atoms with E-state index in [0.717, 1.165) is 153 Å². The number of carboxylic acid groups (broad SMARTS) is 1. The average Bonchev–Trinajstić information content (AvgIpc) is 1.65. The van der Waals surface area contributed by atoms with Crippen LogP contribution < -0.4 is 11.1 Å². The maximum Gasteiger partial charge on any atom is 0.450 e. The summed E-state index contributed by atoms with van der Waals surface area (Å²) in [5.41, 5.74) is 12.9. The van der Waals surface area contributed by atoms with E-state index >= 15 is 0 Å². The number of methoxy groups -OCH3 is 4. The number of benzene rings is 6. The molecule has 9 aromatic rings. The van der Waals surface area contributed by atoms with E-state index < -0.39 is 30.0 Å². The van der Waals surface area contributed by atoms with Gasteiger partial charge in [-0.15, -0.1) is 34.0 Å². The molecule has 5 aliphatic rings. The molecule has 19 nitrogen and oxygen atoms in total. The van der Waals surface area contributed by atoms with Gasteiger partial charge in [-0.1, -0.05) is 70.4 Å². The number of esters is 4. The van der Waals surface area contributed by atoms with Crippen molar-refractivity contribution in [1.82, 2.24) is 15.0 Å². The summed E-state index contributed by atoms with van der Waals surface area (Å²) in [6.45, 7) is 8.53. The molecule has 0 bridgehead atoms. The number of alkyl halides is 1. The van der Waals surface area contributed by atoms with Gasteiger partial charge in [-0.3, -0.25) is 14.0 Å². The van der Waals surface area contributed by atoms with Gasteiger partial charge in [0.2, 0.25) is 11.1 Å². The molecule has 3 aromatic heterocycles. The zero-order valence-corrected chi connectivity index (χ0v) is 88.3. The van der Waals surface area contributed by atoms with E-state index in [9.17, 15) is 48.2 Å². The molecule has 0 atom stereocenters. The number of amides is 1. The summed E-state index contributed by atoms with van der Waals surface area (Å²) < 4.78 is 48.8. The van der Waals surface area contributed by atoms with Gasteiger partial charge in [-0.25, -0.2) is 38.9 Å². The molecule has 0 spiro atoms. The highest BCUT2D eigenvalue weighted by Crippen LogP contribution is 2.45. The molecule has 5 saturated carbocycles. The number of aliphatic hydroxyl groups is 1. The van der Waals surface area contributed by atoms with Gasteiger partial charge in [0, 0.05) is 78.0 Å². The number of hydrogen-bond donors (Lipinski definition) is 4. The number of carboxylic acids is 1. The fourth-order valence-electron chi connectivity index (χ4n) is 15.6. The minimum Gasteiger partial charge on any atom is -0.478 e. The summed E-state index contributed by atoms with van der Waals surface area (Å²) in [5.74, 6) is 2.96. The van der Waals surface area contributed by atoms with E-state index in [1.54, 1.807) is 64.3 Å². The van der Waals surface area contributed by atoms with E-state index in [1.807, 2.05) is 48.5 Å². The van der Waals surface area contributed by atoms with Crippen molar-refractivity contribution in [2.24, 2.45) is 41.4 Å². The van der Waals surface area contributed by atoms with Crippen LogP contribution in [0, 0.1) is 48.6 Å². The second kappa shape index (κ2) is 55.7. The number of nitrogens with two attached hydrogens (primary N) is 1. The molecule has 35 heteroatoms. The zero-order valence-electron chi connectivity index (χ0n) is 71.6. The van der Waals surface area contributed by atoms with Crippen LogP contribution in [0.25, 0.3) is 30.6 Å². The number of thiazole rings is 3. The highest BCUT2D eigenvalue weighted by Gasteiger charge is 2.32. The Hall–Kier alpha value is -3.79. The third kappa shape index (κ3) is 33.4. The lowest BCUT2D eigenvalue weighted by atomic mass is 9.80. The third-order valence-electron chi connectivity index (χ3n) is 23.2. The lowest BCUT2D eigenvalue weighted by Crippen LogP contribution is -2.27. The van der Waals surface area contributed by atoms with E-state index in [0.29, 0.717) is 89.9 Å². The van der Waals surface area contributed by atoms with E-state index in [1.165, 1.54) is 115 Å². The monoisotopic (exact) mass is 2400 g/mol. The lowest BCUT2D eigenvalue weighted by Gasteiger charge is -2.27. The molecule has 5 N–H and O–H groups in total. The summed E-state index contributed by atoms with van der Waals surface area (Å²) in [6.07, 6.45) is 26.3. The van der Waals surface area contributed by atoms with E-state index in [2.05, 4.69) is 168 Å². The van der Waals surface area contributed by atoms with Crippen molar-refractivity contribution in [1.29, 1.82) is 0 Å². The molecule has 14 rings (SSSR count). The van der Waals surface area contributed by atoms with Crippen LogP contribution in [0.2, 0.25) is 0 Å². The number of nitrogens with zero attached hydrogens (tertiary/aromatic N) is 3. The van der Waals surface area contributed by atoms with Crippen molar-refractivity contribution in [2.75, 3.05) is 59.9 Å². The molecule has 5 aliphatic carbocycles. The molecule has 0 aliphatic heterocycles. The van der Waals surface area contributed by atoms with Gasteiger partial charge in [0.1, 0.15) is 0 Å². The third-order valence-corrected chi connectivity index (χ3v) is 32.1. The molecular weight excluding hydrogens is 2300 g/mol.